The van der Waals surface area contributed by atoms with Crippen molar-refractivity contribution in [2.24, 2.45) is 5.73 Å². The molecule has 2 fully saturated rings. The van der Waals surface area contributed by atoms with E-state index in [9.17, 15) is 13.6 Å². The molecule has 2 heterocycles. The highest BCUT2D eigenvalue weighted by molar-refractivity contribution is 5.79. The third-order valence-electron chi connectivity index (χ3n) is 2.83. The Balaban J connectivity index is 1.85. The number of carbonyl (C=O) groups is 1. The van der Waals surface area contributed by atoms with E-state index in [1.54, 1.807) is 0 Å². The van der Waals surface area contributed by atoms with Crippen LogP contribution in [0.4, 0.5) is 8.78 Å². The standard InChI is InChI=1S/C9H14F2N2O2/c10-9(11)3-7(15-8(9)14)5-13-2-1-6(12)4-13/h6-7H,1-5,12H2/t6-,7?/m1/s1. The van der Waals surface area contributed by atoms with Crippen LogP contribution < -0.4 is 5.73 Å². The van der Waals surface area contributed by atoms with Crippen LogP contribution in [0, 0.1) is 0 Å². The van der Waals surface area contributed by atoms with E-state index in [-0.39, 0.29) is 6.04 Å². The number of hydrogen-bond acceptors (Lipinski definition) is 4. The minimum absolute atomic E-state index is 0.114. The number of carbonyl (C=O) groups excluding carboxylic acids is 1. The summed E-state index contributed by atoms with van der Waals surface area (Å²) in [4.78, 5) is 12.7. The first kappa shape index (κ1) is 10.8. The van der Waals surface area contributed by atoms with Crippen molar-refractivity contribution in [1.82, 2.24) is 4.90 Å². The van der Waals surface area contributed by atoms with Gasteiger partial charge in [0.2, 0.25) is 0 Å². The molecular weight excluding hydrogens is 206 g/mol. The Bertz CT molecular complexity index is 273. The summed E-state index contributed by atoms with van der Waals surface area (Å²) in [6, 6.07) is 0.114. The van der Waals surface area contributed by atoms with Crippen molar-refractivity contribution in [1.29, 1.82) is 0 Å². The van der Waals surface area contributed by atoms with Gasteiger partial charge >= 0.3 is 11.9 Å². The Morgan fingerprint density at radius 1 is 1.60 bits per heavy atom. The quantitative estimate of drug-likeness (QED) is 0.664. The van der Waals surface area contributed by atoms with Gasteiger partial charge in [0.25, 0.3) is 0 Å². The van der Waals surface area contributed by atoms with Gasteiger partial charge in [-0.3, -0.25) is 4.90 Å². The number of rotatable bonds is 2. The first-order chi connectivity index (χ1) is 6.97. The van der Waals surface area contributed by atoms with Gasteiger partial charge in [-0.2, -0.15) is 8.78 Å². The van der Waals surface area contributed by atoms with Crippen molar-refractivity contribution in [2.75, 3.05) is 19.6 Å². The summed E-state index contributed by atoms with van der Waals surface area (Å²) >= 11 is 0. The normalized spacial score (nSPS) is 35.8. The van der Waals surface area contributed by atoms with E-state index in [2.05, 4.69) is 4.74 Å². The Kier molecular flexibility index (Phi) is 2.64. The fourth-order valence-electron chi connectivity index (χ4n) is 2.07. The van der Waals surface area contributed by atoms with Crippen molar-refractivity contribution < 1.29 is 18.3 Å². The zero-order valence-corrected chi connectivity index (χ0v) is 8.29. The maximum absolute atomic E-state index is 12.8. The Morgan fingerprint density at radius 2 is 2.33 bits per heavy atom. The summed E-state index contributed by atoms with van der Waals surface area (Å²) in [6.45, 7) is 1.86. The van der Waals surface area contributed by atoms with Crippen molar-refractivity contribution >= 4 is 5.97 Å². The number of esters is 1. The summed E-state index contributed by atoms with van der Waals surface area (Å²) in [5, 5.41) is 0. The van der Waals surface area contributed by atoms with Gasteiger partial charge in [-0.25, -0.2) is 4.79 Å². The third-order valence-corrected chi connectivity index (χ3v) is 2.83. The van der Waals surface area contributed by atoms with Gasteiger partial charge in [0.15, 0.2) is 0 Å². The molecule has 6 heteroatoms. The van der Waals surface area contributed by atoms with E-state index in [4.69, 9.17) is 5.73 Å². The molecule has 0 aliphatic carbocycles. The second kappa shape index (κ2) is 3.68. The number of hydrogen-bond donors (Lipinski definition) is 1. The molecule has 0 amide bonds. The monoisotopic (exact) mass is 220 g/mol. The molecule has 0 saturated carbocycles. The summed E-state index contributed by atoms with van der Waals surface area (Å²) in [5.41, 5.74) is 5.68. The molecule has 2 aliphatic rings. The van der Waals surface area contributed by atoms with Crippen LogP contribution in [0.5, 0.6) is 0 Å². The molecule has 2 N–H and O–H groups in total. The van der Waals surface area contributed by atoms with Crippen LogP contribution in [0.2, 0.25) is 0 Å². The Morgan fingerprint density at radius 3 is 2.80 bits per heavy atom. The molecule has 0 spiro atoms. The van der Waals surface area contributed by atoms with Crippen LogP contribution >= 0.6 is 0 Å². The topological polar surface area (TPSA) is 55.6 Å². The number of alkyl halides is 2. The lowest BCUT2D eigenvalue weighted by Gasteiger charge is -2.18. The van der Waals surface area contributed by atoms with E-state index in [0.717, 1.165) is 13.0 Å². The number of likely N-dealkylation sites (tertiary alicyclic amines) is 1. The molecule has 15 heavy (non-hydrogen) atoms. The van der Waals surface area contributed by atoms with Crippen molar-refractivity contribution in [3.05, 3.63) is 0 Å². The largest absolute Gasteiger partial charge is 0.456 e. The minimum Gasteiger partial charge on any atom is -0.456 e. The van der Waals surface area contributed by atoms with Gasteiger partial charge in [0.1, 0.15) is 6.10 Å². The van der Waals surface area contributed by atoms with Gasteiger partial charge in [-0.15, -0.1) is 0 Å². The second-order valence-electron chi connectivity index (χ2n) is 4.24. The van der Waals surface area contributed by atoms with Crippen LogP contribution in [-0.2, 0) is 9.53 Å². The average molecular weight is 220 g/mol. The zero-order valence-electron chi connectivity index (χ0n) is 8.29. The summed E-state index contributed by atoms with van der Waals surface area (Å²) < 4.78 is 30.2. The molecule has 0 radical (unpaired) electrons. The maximum Gasteiger partial charge on any atom is 0.377 e. The van der Waals surface area contributed by atoms with Crippen LogP contribution in [-0.4, -0.2) is 48.6 Å². The molecular formula is C9H14F2N2O2. The fraction of sp³-hybridized carbons (Fsp3) is 0.889. The predicted octanol–water partition coefficient (Wildman–Crippen LogP) is -0.0298. The Labute approximate surface area is 86.4 Å². The molecule has 86 valence electrons. The van der Waals surface area contributed by atoms with Gasteiger partial charge in [-0.1, -0.05) is 0 Å². The van der Waals surface area contributed by atoms with E-state index in [1.807, 2.05) is 4.90 Å². The predicted molar refractivity (Wildman–Crippen MR) is 48.5 cm³/mol. The highest BCUT2D eigenvalue weighted by Crippen LogP contribution is 2.31. The van der Waals surface area contributed by atoms with Gasteiger partial charge in [-0.05, 0) is 13.0 Å². The maximum atomic E-state index is 12.8. The molecule has 0 bridgehead atoms. The highest BCUT2D eigenvalue weighted by atomic mass is 19.3. The smallest absolute Gasteiger partial charge is 0.377 e. The number of ether oxygens (including phenoxy) is 1. The lowest BCUT2D eigenvalue weighted by Crippen LogP contribution is -2.33. The Hall–Kier alpha value is -0.750. The molecule has 2 saturated heterocycles. The zero-order chi connectivity index (χ0) is 11.1. The molecule has 0 aromatic carbocycles. The summed E-state index contributed by atoms with van der Waals surface area (Å²) in [5.74, 6) is -4.69. The lowest BCUT2D eigenvalue weighted by molar-refractivity contribution is -0.159. The highest BCUT2D eigenvalue weighted by Gasteiger charge is 2.51. The lowest BCUT2D eigenvalue weighted by atomic mass is 10.2. The van der Waals surface area contributed by atoms with Crippen molar-refractivity contribution in [3.8, 4) is 0 Å². The number of nitrogens with zero attached hydrogens (tertiary/aromatic N) is 1. The first-order valence-corrected chi connectivity index (χ1v) is 5.04. The van der Waals surface area contributed by atoms with Crippen LogP contribution in [0.3, 0.4) is 0 Å². The van der Waals surface area contributed by atoms with Crippen LogP contribution in [0.1, 0.15) is 12.8 Å². The third kappa shape index (κ3) is 2.26. The van der Waals surface area contributed by atoms with Crippen molar-refractivity contribution in [3.63, 3.8) is 0 Å². The molecule has 0 aromatic heterocycles. The first-order valence-electron chi connectivity index (χ1n) is 5.04. The van der Waals surface area contributed by atoms with Crippen LogP contribution in [0.15, 0.2) is 0 Å². The van der Waals surface area contributed by atoms with Gasteiger partial charge in [0.05, 0.1) is 6.42 Å². The number of halogens is 2. The molecule has 2 aliphatic heterocycles. The second-order valence-corrected chi connectivity index (χ2v) is 4.24. The SMILES string of the molecule is N[C@@H]1CCN(CC2CC(F)(F)C(=O)O2)C1. The van der Waals surface area contributed by atoms with E-state index in [1.165, 1.54) is 0 Å². The summed E-state index contributed by atoms with van der Waals surface area (Å²) in [6.07, 6.45) is -0.313. The average Bonchev–Trinajstić information content (AvgIpc) is 2.59. The van der Waals surface area contributed by atoms with E-state index >= 15 is 0 Å². The molecule has 2 rings (SSSR count). The van der Waals surface area contributed by atoms with E-state index < -0.39 is 24.4 Å². The molecule has 1 unspecified atom stereocenters. The van der Waals surface area contributed by atoms with Crippen LogP contribution in [0.25, 0.3) is 0 Å². The molecule has 0 aromatic rings. The molecule has 2 atom stereocenters. The van der Waals surface area contributed by atoms with Gasteiger partial charge in [0, 0.05) is 19.1 Å². The summed E-state index contributed by atoms with van der Waals surface area (Å²) in [7, 11) is 0. The van der Waals surface area contributed by atoms with Gasteiger partial charge < -0.3 is 10.5 Å². The fourth-order valence-corrected chi connectivity index (χ4v) is 2.07. The number of nitrogens with two attached hydrogens (primary N) is 1. The van der Waals surface area contributed by atoms with Crippen molar-refractivity contribution in [2.45, 2.75) is 30.9 Å². The minimum atomic E-state index is -3.30. The van der Waals surface area contributed by atoms with E-state index in [0.29, 0.717) is 13.1 Å². The number of cyclic esters (lactones) is 1. The molecule has 4 nitrogen and oxygen atoms in total.